The molecule has 0 aromatic heterocycles. The van der Waals surface area contributed by atoms with Crippen LogP contribution in [0.5, 0.6) is 11.5 Å². The lowest BCUT2D eigenvalue weighted by Crippen LogP contribution is -2.13. The quantitative estimate of drug-likeness (QED) is 0.454. The summed E-state index contributed by atoms with van der Waals surface area (Å²) in [5, 5.41) is 47.6. The first kappa shape index (κ1) is 21.1. The number of benzene rings is 2. The molecule has 156 valence electrons. The molecule has 0 amide bonds. The van der Waals surface area contributed by atoms with Crippen molar-refractivity contribution in [1.82, 2.24) is 0 Å². The summed E-state index contributed by atoms with van der Waals surface area (Å²) in [5.41, 5.74) is -0.494. The summed E-state index contributed by atoms with van der Waals surface area (Å²) in [6.07, 6.45) is 3.44. The Kier molecular flexibility index (Phi) is 5.43. The third kappa shape index (κ3) is 4.06. The number of rotatable bonds is 5. The Morgan fingerprint density at radius 2 is 1.29 bits per heavy atom. The SMILES string of the molecule is O=C(O)C1=C/C(=C(/c2ccc(C(=O)O)c(O)c2)c2ccc(O)c(C(=O)O)c2)C=CC1=O. The molecule has 1 aliphatic carbocycles. The fraction of sp³-hybridized carbons (Fsp3) is 0. The lowest BCUT2D eigenvalue weighted by atomic mass is 9.88. The molecule has 0 saturated heterocycles. The third-order valence-corrected chi connectivity index (χ3v) is 4.53. The largest absolute Gasteiger partial charge is 0.507 e. The second kappa shape index (κ2) is 7.99. The predicted molar refractivity (Wildman–Crippen MR) is 106 cm³/mol. The molecule has 31 heavy (non-hydrogen) atoms. The van der Waals surface area contributed by atoms with Gasteiger partial charge in [0.15, 0.2) is 5.78 Å². The predicted octanol–water partition coefficient (Wildman–Crippen LogP) is 2.45. The number of hydrogen-bond donors (Lipinski definition) is 5. The van der Waals surface area contributed by atoms with Crippen LogP contribution in [0.3, 0.4) is 0 Å². The molecule has 1 aliphatic rings. The smallest absolute Gasteiger partial charge is 0.339 e. The average Bonchev–Trinajstić information content (AvgIpc) is 2.70. The summed E-state index contributed by atoms with van der Waals surface area (Å²) in [6.45, 7) is 0. The van der Waals surface area contributed by atoms with Gasteiger partial charge in [0, 0.05) is 0 Å². The molecule has 9 nitrogen and oxygen atoms in total. The van der Waals surface area contributed by atoms with Gasteiger partial charge in [-0.3, -0.25) is 4.79 Å². The molecule has 2 aromatic rings. The van der Waals surface area contributed by atoms with Crippen LogP contribution in [0.2, 0.25) is 0 Å². The third-order valence-electron chi connectivity index (χ3n) is 4.53. The minimum atomic E-state index is -1.47. The fourth-order valence-corrected chi connectivity index (χ4v) is 3.08. The summed E-state index contributed by atoms with van der Waals surface area (Å²) < 4.78 is 0. The molecule has 0 unspecified atom stereocenters. The number of aromatic carboxylic acids is 2. The van der Waals surface area contributed by atoms with Crippen molar-refractivity contribution in [2.45, 2.75) is 0 Å². The molecular weight excluding hydrogens is 408 g/mol. The van der Waals surface area contributed by atoms with E-state index in [4.69, 9.17) is 5.11 Å². The van der Waals surface area contributed by atoms with Gasteiger partial charge in [-0.05, 0) is 58.7 Å². The van der Waals surface area contributed by atoms with Crippen molar-refractivity contribution in [3.63, 3.8) is 0 Å². The van der Waals surface area contributed by atoms with Crippen molar-refractivity contribution < 1.29 is 44.7 Å². The zero-order valence-electron chi connectivity index (χ0n) is 15.6. The molecule has 0 spiro atoms. The number of carbonyl (C=O) groups is 4. The highest BCUT2D eigenvalue weighted by Gasteiger charge is 2.23. The Balaban J connectivity index is 2.35. The second-order valence-corrected chi connectivity index (χ2v) is 6.47. The van der Waals surface area contributed by atoms with Gasteiger partial charge in [0.05, 0.1) is 0 Å². The summed E-state index contributed by atoms with van der Waals surface area (Å²) >= 11 is 0. The van der Waals surface area contributed by atoms with E-state index in [1.165, 1.54) is 18.2 Å². The minimum Gasteiger partial charge on any atom is -0.507 e. The average molecular weight is 422 g/mol. The molecule has 0 radical (unpaired) electrons. The van der Waals surface area contributed by atoms with Crippen molar-refractivity contribution in [1.29, 1.82) is 0 Å². The van der Waals surface area contributed by atoms with Crippen LogP contribution >= 0.6 is 0 Å². The van der Waals surface area contributed by atoms with Gasteiger partial charge in [-0.1, -0.05) is 18.2 Å². The molecule has 0 bridgehead atoms. The molecule has 0 atom stereocenters. The maximum atomic E-state index is 11.9. The molecule has 3 rings (SSSR count). The number of aliphatic carboxylic acids is 1. The van der Waals surface area contributed by atoms with Crippen LogP contribution in [0.1, 0.15) is 31.8 Å². The van der Waals surface area contributed by atoms with Crippen molar-refractivity contribution in [2.24, 2.45) is 0 Å². The van der Waals surface area contributed by atoms with Crippen LogP contribution in [-0.4, -0.2) is 49.2 Å². The van der Waals surface area contributed by atoms with Gasteiger partial charge in [0.25, 0.3) is 0 Å². The Morgan fingerprint density at radius 1 is 0.677 bits per heavy atom. The maximum absolute atomic E-state index is 11.9. The number of hydrogen-bond acceptors (Lipinski definition) is 6. The number of aromatic hydroxyl groups is 2. The molecular formula is C22H14O9. The van der Waals surface area contributed by atoms with Crippen molar-refractivity contribution in [2.75, 3.05) is 0 Å². The zero-order chi connectivity index (χ0) is 22.9. The number of ketones is 1. The van der Waals surface area contributed by atoms with E-state index in [-0.39, 0.29) is 27.8 Å². The van der Waals surface area contributed by atoms with Gasteiger partial charge >= 0.3 is 17.9 Å². The van der Waals surface area contributed by atoms with Gasteiger partial charge in [0.1, 0.15) is 28.2 Å². The zero-order valence-corrected chi connectivity index (χ0v) is 15.6. The van der Waals surface area contributed by atoms with E-state index < -0.39 is 46.3 Å². The fourth-order valence-electron chi connectivity index (χ4n) is 3.08. The number of carboxylic acids is 3. The van der Waals surface area contributed by atoms with Crippen LogP contribution in [0.4, 0.5) is 0 Å². The summed E-state index contributed by atoms with van der Waals surface area (Å²) in [4.78, 5) is 45.9. The minimum absolute atomic E-state index is 0.196. The van der Waals surface area contributed by atoms with Crippen molar-refractivity contribution >= 4 is 29.3 Å². The van der Waals surface area contributed by atoms with Crippen molar-refractivity contribution in [3.05, 3.63) is 88.0 Å². The monoisotopic (exact) mass is 422 g/mol. The van der Waals surface area contributed by atoms with Crippen LogP contribution < -0.4 is 0 Å². The first-order valence-corrected chi connectivity index (χ1v) is 8.65. The van der Waals surface area contributed by atoms with Gasteiger partial charge < -0.3 is 25.5 Å². The first-order valence-electron chi connectivity index (χ1n) is 8.65. The highest BCUT2D eigenvalue weighted by atomic mass is 16.4. The van der Waals surface area contributed by atoms with E-state index in [1.54, 1.807) is 0 Å². The summed E-state index contributed by atoms with van der Waals surface area (Å²) in [6, 6.07) is 7.23. The summed E-state index contributed by atoms with van der Waals surface area (Å²) in [7, 11) is 0. The van der Waals surface area contributed by atoms with Crippen LogP contribution in [0.15, 0.2) is 65.8 Å². The normalized spacial score (nSPS) is 14.7. The molecule has 0 heterocycles. The van der Waals surface area contributed by atoms with E-state index >= 15 is 0 Å². The Labute approximate surface area is 174 Å². The molecule has 0 fully saturated rings. The van der Waals surface area contributed by atoms with Crippen LogP contribution in [-0.2, 0) is 9.59 Å². The number of carboxylic acid groups (broad SMARTS) is 3. The van der Waals surface area contributed by atoms with E-state index in [0.717, 1.165) is 36.4 Å². The van der Waals surface area contributed by atoms with E-state index in [9.17, 15) is 39.6 Å². The van der Waals surface area contributed by atoms with Gasteiger partial charge in [-0.15, -0.1) is 0 Å². The second-order valence-electron chi connectivity index (χ2n) is 6.47. The molecule has 0 aliphatic heterocycles. The number of allylic oxidation sites excluding steroid dienone is 4. The highest BCUT2D eigenvalue weighted by Crippen LogP contribution is 2.35. The van der Waals surface area contributed by atoms with E-state index in [0.29, 0.717) is 0 Å². The van der Waals surface area contributed by atoms with Gasteiger partial charge in [0.2, 0.25) is 0 Å². The molecule has 0 saturated carbocycles. The lowest BCUT2D eigenvalue weighted by molar-refractivity contribution is -0.134. The lowest BCUT2D eigenvalue weighted by Gasteiger charge is -2.16. The Morgan fingerprint density at radius 3 is 1.87 bits per heavy atom. The number of carbonyl (C=O) groups excluding carboxylic acids is 1. The van der Waals surface area contributed by atoms with E-state index in [2.05, 4.69) is 0 Å². The van der Waals surface area contributed by atoms with Crippen molar-refractivity contribution in [3.8, 4) is 11.5 Å². The maximum Gasteiger partial charge on any atom is 0.339 e. The molecule has 9 heteroatoms. The topological polar surface area (TPSA) is 169 Å². The number of phenols is 2. The van der Waals surface area contributed by atoms with Crippen LogP contribution in [0, 0.1) is 0 Å². The van der Waals surface area contributed by atoms with E-state index in [1.807, 2.05) is 0 Å². The highest BCUT2D eigenvalue weighted by molar-refractivity contribution is 6.23. The molecule has 5 N–H and O–H groups in total. The molecule has 2 aromatic carbocycles. The van der Waals surface area contributed by atoms with Gasteiger partial charge in [-0.2, -0.15) is 0 Å². The Bertz CT molecular complexity index is 1250. The first-order chi connectivity index (χ1) is 14.6. The summed E-state index contributed by atoms with van der Waals surface area (Å²) in [5.74, 6) is -6.06. The standard InChI is InChI=1S/C22H14O9/c23-16-5-2-10(7-14(16)21(28)29)19(11-3-6-17(24)15(8-11)22(30)31)12-1-4-13(20(26)27)18(25)9-12/h1-9,23,25H,(H,26,27)(H,28,29)(H,30,31)/b19-11+. The Hall–Kier alpha value is -4.66. The van der Waals surface area contributed by atoms with Crippen LogP contribution in [0.25, 0.3) is 5.57 Å². The van der Waals surface area contributed by atoms with Gasteiger partial charge in [-0.25, -0.2) is 14.4 Å².